The Labute approximate surface area is 191 Å². The van der Waals surface area contributed by atoms with E-state index in [4.69, 9.17) is 0 Å². The second-order valence-corrected chi connectivity index (χ2v) is 8.78. The van der Waals surface area contributed by atoms with E-state index in [0.717, 1.165) is 32.2 Å². The molecule has 8 heteroatoms. The molecule has 0 unspecified atom stereocenters. The number of fused-ring (bicyclic) bond motifs is 1. The summed E-state index contributed by atoms with van der Waals surface area (Å²) in [5.41, 5.74) is 3.09. The smallest absolute Gasteiger partial charge is 0.269 e. The van der Waals surface area contributed by atoms with Crippen LogP contribution in [0, 0.1) is 0 Å². The Morgan fingerprint density at radius 1 is 1.03 bits per heavy atom. The molecule has 0 fully saturated rings. The van der Waals surface area contributed by atoms with Crippen LogP contribution in [-0.2, 0) is 4.79 Å². The number of carbonyl (C=O) groups excluding carboxylic acids is 1. The summed E-state index contributed by atoms with van der Waals surface area (Å²) in [6, 6.07) is 20.9. The molecule has 3 aromatic carbocycles. The molecule has 0 bridgehead atoms. The predicted octanol–water partition coefficient (Wildman–Crippen LogP) is 6.60. The summed E-state index contributed by atoms with van der Waals surface area (Å²) in [5, 5.41) is 18.9. The molecule has 1 aromatic heterocycles. The first-order valence-electron chi connectivity index (χ1n) is 9.59. The molecule has 1 aliphatic heterocycles. The number of aromatic nitrogens is 1. The highest BCUT2D eigenvalue weighted by molar-refractivity contribution is 9.10. The molecule has 5 rings (SSSR count). The van der Waals surface area contributed by atoms with E-state index in [2.05, 4.69) is 36.2 Å². The van der Waals surface area contributed by atoms with Gasteiger partial charge in [0.1, 0.15) is 0 Å². The molecule has 152 valence electrons. The Bertz CT molecular complexity index is 1340. The van der Waals surface area contributed by atoms with Crippen LogP contribution < -0.4 is 5.01 Å². The highest BCUT2D eigenvalue weighted by Crippen LogP contribution is 2.32. The van der Waals surface area contributed by atoms with Crippen molar-refractivity contribution in [1.29, 1.82) is 0 Å². The van der Waals surface area contributed by atoms with Crippen LogP contribution in [0.2, 0.25) is 0 Å². The summed E-state index contributed by atoms with van der Waals surface area (Å²) in [7, 11) is 0. The third-order valence-electron chi connectivity index (χ3n) is 4.96. The lowest BCUT2D eigenvalue weighted by atomic mass is 10.1. The summed E-state index contributed by atoms with van der Waals surface area (Å²) < 4.78 is 1.00. The SMILES string of the molecule is CC1=NN(c2nc(-c3ccc(Br)cc3)cs2)C(=O)[C@H]1N=Nc1cccc2ccccc12. The molecular formula is C23H16BrN5OS. The zero-order valence-corrected chi connectivity index (χ0v) is 18.8. The van der Waals surface area contributed by atoms with Crippen LogP contribution in [0.5, 0.6) is 0 Å². The van der Waals surface area contributed by atoms with Crippen molar-refractivity contribution in [1.82, 2.24) is 4.98 Å². The van der Waals surface area contributed by atoms with E-state index < -0.39 is 6.04 Å². The summed E-state index contributed by atoms with van der Waals surface area (Å²) in [4.78, 5) is 17.6. The summed E-state index contributed by atoms with van der Waals surface area (Å²) in [6.07, 6.45) is 0. The normalized spacial score (nSPS) is 16.5. The first kappa shape index (κ1) is 19.7. The number of anilines is 1. The predicted molar refractivity (Wildman–Crippen MR) is 128 cm³/mol. The van der Waals surface area contributed by atoms with Gasteiger partial charge < -0.3 is 0 Å². The second-order valence-electron chi connectivity index (χ2n) is 7.03. The number of hydrazone groups is 1. The van der Waals surface area contributed by atoms with Crippen LogP contribution in [0.4, 0.5) is 10.8 Å². The van der Waals surface area contributed by atoms with Gasteiger partial charge in [-0.2, -0.15) is 20.3 Å². The number of thiazole rings is 1. The number of hydrogen-bond donors (Lipinski definition) is 0. The molecule has 0 spiro atoms. The lowest BCUT2D eigenvalue weighted by Crippen LogP contribution is -2.29. The van der Waals surface area contributed by atoms with Crippen molar-refractivity contribution in [2.45, 2.75) is 13.0 Å². The fraction of sp³-hybridized carbons (Fsp3) is 0.0870. The first-order valence-corrected chi connectivity index (χ1v) is 11.3. The quantitative estimate of drug-likeness (QED) is 0.303. The van der Waals surface area contributed by atoms with E-state index in [1.54, 1.807) is 6.92 Å². The third kappa shape index (κ3) is 3.80. The van der Waals surface area contributed by atoms with Crippen LogP contribution in [0.1, 0.15) is 6.92 Å². The molecule has 0 radical (unpaired) electrons. The minimum Gasteiger partial charge on any atom is -0.269 e. The van der Waals surface area contributed by atoms with Gasteiger partial charge in [-0.05, 0) is 30.5 Å². The van der Waals surface area contributed by atoms with Crippen LogP contribution in [0.3, 0.4) is 0 Å². The van der Waals surface area contributed by atoms with Gasteiger partial charge in [0.15, 0.2) is 6.04 Å². The summed E-state index contributed by atoms with van der Waals surface area (Å²) >= 11 is 4.81. The summed E-state index contributed by atoms with van der Waals surface area (Å²) in [6.45, 7) is 1.79. The van der Waals surface area contributed by atoms with E-state index in [1.807, 2.05) is 72.1 Å². The monoisotopic (exact) mass is 489 g/mol. The van der Waals surface area contributed by atoms with Gasteiger partial charge in [-0.25, -0.2) is 4.98 Å². The molecule has 0 N–H and O–H groups in total. The molecule has 31 heavy (non-hydrogen) atoms. The van der Waals surface area contributed by atoms with Crippen molar-refractivity contribution in [3.63, 3.8) is 0 Å². The van der Waals surface area contributed by atoms with E-state index in [9.17, 15) is 4.79 Å². The number of rotatable bonds is 4. The van der Waals surface area contributed by atoms with E-state index >= 15 is 0 Å². The minimum absolute atomic E-state index is 0.252. The van der Waals surface area contributed by atoms with Gasteiger partial charge in [0.05, 0.1) is 17.1 Å². The largest absolute Gasteiger partial charge is 0.282 e. The number of hydrogen-bond acceptors (Lipinski definition) is 6. The van der Waals surface area contributed by atoms with Crippen LogP contribution in [0.15, 0.2) is 91.9 Å². The molecule has 1 atom stereocenters. The number of amides is 1. The Morgan fingerprint density at radius 2 is 1.81 bits per heavy atom. The molecular weight excluding hydrogens is 474 g/mol. The molecule has 0 saturated heterocycles. The highest BCUT2D eigenvalue weighted by atomic mass is 79.9. The highest BCUT2D eigenvalue weighted by Gasteiger charge is 2.36. The van der Waals surface area contributed by atoms with Crippen molar-refractivity contribution in [3.05, 3.63) is 76.6 Å². The van der Waals surface area contributed by atoms with Crippen LogP contribution in [-0.4, -0.2) is 22.6 Å². The van der Waals surface area contributed by atoms with Gasteiger partial charge >= 0.3 is 0 Å². The number of benzene rings is 3. The first-order chi connectivity index (χ1) is 15.1. The van der Waals surface area contributed by atoms with Crippen molar-refractivity contribution >= 4 is 60.5 Å². The molecule has 1 aliphatic rings. The lowest BCUT2D eigenvalue weighted by molar-refractivity contribution is -0.117. The molecule has 0 aliphatic carbocycles. The third-order valence-corrected chi connectivity index (χ3v) is 6.30. The van der Waals surface area contributed by atoms with Crippen LogP contribution >= 0.6 is 27.3 Å². The Morgan fingerprint density at radius 3 is 2.65 bits per heavy atom. The van der Waals surface area contributed by atoms with Gasteiger partial charge in [-0.15, -0.1) is 11.3 Å². The average molecular weight is 490 g/mol. The molecule has 6 nitrogen and oxygen atoms in total. The minimum atomic E-state index is -0.751. The Kier molecular flexibility index (Phi) is 5.17. The van der Waals surface area contributed by atoms with Crippen LogP contribution in [0.25, 0.3) is 22.0 Å². The number of carbonyl (C=O) groups is 1. The maximum absolute atomic E-state index is 13.0. The van der Waals surface area contributed by atoms with Crippen molar-refractivity contribution in [2.24, 2.45) is 15.3 Å². The number of azo groups is 1. The van der Waals surface area contributed by atoms with E-state index in [0.29, 0.717) is 10.8 Å². The topological polar surface area (TPSA) is 70.3 Å². The molecule has 1 amide bonds. The Hall–Kier alpha value is -3.23. The zero-order chi connectivity index (χ0) is 21.4. The van der Waals surface area contributed by atoms with E-state index in [-0.39, 0.29) is 5.91 Å². The van der Waals surface area contributed by atoms with Crippen molar-refractivity contribution < 1.29 is 4.79 Å². The number of halogens is 1. The van der Waals surface area contributed by atoms with Crippen molar-refractivity contribution in [2.75, 3.05) is 5.01 Å². The second kappa shape index (κ2) is 8.13. The maximum atomic E-state index is 13.0. The molecule has 2 heterocycles. The lowest BCUT2D eigenvalue weighted by Gasteiger charge is -2.08. The standard InChI is InChI=1S/C23H16BrN5OS/c1-14-21(27-26-19-8-4-6-15-5-2-3-7-18(15)19)22(30)29(28-14)23-25-20(13-31-23)16-9-11-17(24)12-10-16/h2-13,21H,1H3/t21-/m0/s1. The molecule has 4 aromatic rings. The van der Waals surface area contributed by atoms with Gasteiger partial charge in [-0.1, -0.05) is 64.5 Å². The maximum Gasteiger partial charge on any atom is 0.282 e. The average Bonchev–Trinajstić information content (AvgIpc) is 3.38. The van der Waals surface area contributed by atoms with Gasteiger partial charge in [0.25, 0.3) is 5.91 Å². The molecule has 0 saturated carbocycles. The Balaban J connectivity index is 1.39. The van der Waals surface area contributed by atoms with Gasteiger partial charge in [-0.3, -0.25) is 4.79 Å². The summed E-state index contributed by atoms with van der Waals surface area (Å²) in [5.74, 6) is -0.252. The zero-order valence-electron chi connectivity index (χ0n) is 16.4. The fourth-order valence-electron chi connectivity index (χ4n) is 3.36. The number of nitrogens with zero attached hydrogens (tertiary/aromatic N) is 5. The van der Waals surface area contributed by atoms with Crippen molar-refractivity contribution in [3.8, 4) is 11.3 Å². The van der Waals surface area contributed by atoms with Gasteiger partial charge in [0, 0.05) is 20.8 Å². The fourth-order valence-corrected chi connectivity index (χ4v) is 4.41. The van der Waals surface area contributed by atoms with E-state index in [1.165, 1.54) is 16.3 Å². The van der Waals surface area contributed by atoms with Gasteiger partial charge in [0.2, 0.25) is 5.13 Å².